The number of allylic oxidation sites excluding steroid dienone is 3. The average Bonchev–Trinajstić information content (AvgIpc) is 2.59. The predicted molar refractivity (Wildman–Crippen MR) is 88.2 cm³/mol. The fraction of sp³-hybridized carbons (Fsp3) is 0.467. The van der Waals surface area contributed by atoms with E-state index < -0.39 is 0 Å². The van der Waals surface area contributed by atoms with Crippen LogP contribution < -0.4 is 5.73 Å². The van der Waals surface area contributed by atoms with E-state index in [4.69, 9.17) is 5.73 Å². The van der Waals surface area contributed by atoms with Crippen LogP contribution in [0.15, 0.2) is 44.1 Å². The lowest BCUT2D eigenvalue weighted by molar-refractivity contribution is 0.712. The highest BCUT2D eigenvalue weighted by atomic mass is 32.2. The van der Waals surface area contributed by atoms with E-state index in [1.807, 2.05) is 13.2 Å². The van der Waals surface area contributed by atoms with Crippen LogP contribution in [0.3, 0.4) is 0 Å². The summed E-state index contributed by atoms with van der Waals surface area (Å²) in [6, 6.07) is 0. The molecular formula is C15H20N2S2. The van der Waals surface area contributed by atoms with E-state index in [0.717, 1.165) is 34.2 Å². The number of hydrogen-bond acceptors (Lipinski definition) is 4. The van der Waals surface area contributed by atoms with Gasteiger partial charge in [-0.1, -0.05) is 30.5 Å². The summed E-state index contributed by atoms with van der Waals surface area (Å²) in [5.41, 5.74) is 12.7. The zero-order valence-corrected chi connectivity index (χ0v) is 13.2. The van der Waals surface area contributed by atoms with Gasteiger partial charge < -0.3 is 5.73 Å². The van der Waals surface area contributed by atoms with Crippen LogP contribution in [-0.2, 0) is 0 Å². The molecular weight excluding hydrogens is 272 g/mol. The highest BCUT2D eigenvalue weighted by Gasteiger charge is 2.22. The van der Waals surface area contributed by atoms with E-state index >= 15 is 0 Å². The van der Waals surface area contributed by atoms with Crippen molar-refractivity contribution < 1.29 is 0 Å². The molecule has 4 heteroatoms. The van der Waals surface area contributed by atoms with Gasteiger partial charge in [-0.05, 0) is 49.3 Å². The minimum Gasteiger partial charge on any atom is -0.387 e. The van der Waals surface area contributed by atoms with Gasteiger partial charge >= 0.3 is 0 Å². The molecule has 2 rings (SSSR count). The van der Waals surface area contributed by atoms with Gasteiger partial charge in [-0.15, -0.1) is 11.8 Å². The highest BCUT2D eigenvalue weighted by Crippen LogP contribution is 2.41. The second kappa shape index (κ2) is 6.56. The first kappa shape index (κ1) is 14.6. The first-order chi connectivity index (χ1) is 9.11. The van der Waals surface area contributed by atoms with Crippen molar-refractivity contribution in [1.29, 1.82) is 0 Å². The number of rotatable bonds is 2. The molecule has 2 N–H and O–H groups in total. The first-order valence-electron chi connectivity index (χ1n) is 6.57. The van der Waals surface area contributed by atoms with E-state index in [1.165, 1.54) is 29.7 Å². The van der Waals surface area contributed by atoms with Crippen molar-refractivity contribution in [2.24, 2.45) is 10.7 Å². The molecule has 1 aliphatic heterocycles. The Morgan fingerprint density at radius 1 is 1.37 bits per heavy atom. The SMILES string of the molecule is C=C(C)N=C(SC)C1=C=C(N)SC2=C1CCCCC2. The summed E-state index contributed by atoms with van der Waals surface area (Å²) in [6.07, 6.45) is 8.12. The molecule has 0 aromatic carbocycles. The summed E-state index contributed by atoms with van der Waals surface area (Å²) in [5.74, 6) is 0. The lowest BCUT2D eigenvalue weighted by Crippen LogP contribution is -2.08. The molecule has 2 aliphatic rings. The van der Waals surface area contributed by atoms with Gasteiger partial charge in [-0.25, -0.2) is 4.99 Å². The van der Waals surface area contributed by atoms with Crippen molar-refractivity contribution in [3.63, 3.8) is 0 Å². The Hall–Kier alpha value is -0.830. The van der Waals surface area contributed by atoms with Gasteiger partial charge in [0, 0.05) is 5.70 Å². The third-order valence-corrected chi connectivity index (χ3v) is 4.85. The third-order valence-electron chi connectivity index (χ3n) is 3.15. The van der Waals surface area contributed by atoms with Crippen molar-refractivity contribution in [3.8, 4) is 0 Å². The molecule has 0 spiro atoms. The molecule has 0 amide bonds. The molecule has 1 heterocycles. The summed E-state index contributed by atoms with van der Waals surface area (Å²) in [6.45, 7) is 5.80. The van der Waals surface area contributed by atoms with E-state index in [1.54, 1.807) is 23.5 Å². The Labute approximate surface area is 124 Å². The van der Waals surface area contributed by atoms with Crippen molar-refractivity contribution >= 4 is 28.6 Å². The summed E-state index contributed by atoms with van der Waals surface area (Å²) >= 11 is 3.34. The van der Waals surface area contributed by atoms with Crippen molar-refractivity contribution in [2.75, 3.05) is 6.26 Å². The smallest absolute Gasteiger partial charge is 0.114 e. The predicted octanol–water partition coefficient (Wildman–Crippen LogP) is 4.57. The molecule has 19 heavy (non-hydrogen) atoms. The maximum Gasteiger partial charge on any atom is 0.114 e. The highest BCUT2D eigenvalue weighted by molar-refractivity contribution is 8.13. The maximum atomic E-state index is 6.03. The second-order valence-electron chi connectivity index (χ2n) is 4.79. The lowest BCUT2D eigenvalue weighted by atomic mass is 10.0. The number of thioether (sulfide) groups is 2. The van der Waals surface area contributed by atoms with Gasteiger partial charge in [0.1, 0.15) is 10.1 Å². The topological polar surface area (TPSA) is 38.4 Å². The van der Waals surface area contributed by atoms with Crippen LogP contribution in [0.25, 0.3) is 0 Å². The van der Waals surface area contributed by atoms with Crippen LogP contribution in [-0.4, -0.2) is 11.3 Å². The number of nitrogens with zero attached hydrogens (tertiary/aromatic N) is 1. The molecule has 0 saturated heterocycles. The standard InChI is InChI=1S/C15H20N2S2/c1-10(2)17-15(18-3)12-9-14(16)19-13-8-6-4-5-7-11(12)13/h1,4-8,16H2,2-3H3. The van der Waals surface area contributed by atoms with Crippen molar-refractivity contribution in [1.82, 2.24) is 0 Å². The number of hydrogen-bond donors (Lipinski definition) is 1. The third kappa shape index (κ3) is 3.59. The minimum absolute atomic E-state index is 0.763. The van der Waals surface area contributed by atoms with Crippen LogP contribution in [0.1, 0.15) is 39.0 Å². The summed E-state index contributed by atoms with van der Waals surface area (Å²) in [5, 5.41) is 1.75. The zero-order valence-electron chi connectivity index (χ0n) is 11.6. The van der Waals surface area contributed by atoms with Crippen molar-refractivity contribution in [3.05, 3.63) is 39.1 Å². The monoisotopic (exact) mass is 292 g/mol. The molecule has 0 radical (unpaired) electrons. The van der Waals surface area contributed by atoms with Crippen LogP contribution in [0, 0.1) is 0 Å². The number of aliphatic imine (C=N–C) groups is 1. The minimum atomic E-state index is 0.763. The first-order valence-corrected chi connectivity index (χ1v) is 8.61. The average molecular weight is 292 g/mol. The molecule has 0 aromatic rings. The van der Waals surface area contributed by atoms with E-state index in [9.17, 15) is 0 Å². The fourth-order valence-corrected chi connectivity index (χ4v) is 3.97. The van der Waals surface area contributed by atoms with Crippen LogP contribution in [0.2, 0.25) is 0 Å². The number of nitrogens with two attached hydrogens (primary N) is 1. The molecule has 2 nitrogen and oxygen atoms in total. The molecule has 0 saturated carbocycles. The van der Waals surface area contributed by atoms with E-state index in [-0.39, 0.29) is 0 Å². The van der Waals surface area contributed by atoms with E-state index in [0.29, 0.717) is 0 Å². The Bertz CT molecular complexity index is 520. The maximum absolute atomic E-state index is 6.03. The van der Waals surface area contributed by atoms with Gasteiger partial charge in [-0.2, -0.15) is 0 Å². The van der Waals surface area contributed by atoms with Crippen LogP contribution in [0.5, 0.6) is 0 Å². The zero-order chi connectivity index (χ0) is 13.8. The lowest BCUT2D eigenvalue weighted by Gasteiger charge is -2.18. The Morgan fingerprint density at radius 2 is 2.11 bits per heavy atom. The van der Waals surface area contributed by atoms with Gasteiger partial charge in [0.2, 0.25) is 0 Å². The second-order valence-corrected chi connectivity index (χ2v) is 6.72. The molecule has 102 valence electrons. The summed E-state index contributed by atoms with van der Waals surface area (Å²) < 4.78 is 0. The van der Waals surface area contributed by atoms with Crippen LogP contribution in [0.4, 0.5) is 0 Å². The molecule has 0 aromatic heterocycles. The Kier molecular flexibility index (Phi) is 5.03. The largest absolute Gasteiger partial charge is 0.387 e. The molecule has 0 atom stereocenters. The van der Waals surface area contributed by atoms with Gasteiger partial charge in [0.05, 0.1) is 5.57 Å². The van der Waals surface area contributed by atoms with Gasteiger partial charge in [0.15, 0.2) is 0 Å². The van der Waals surface area contributed by atoms with Crippen molar-refractivity contribution in [2.45, 2.75) is 39.0 Å². The summed E-state index contributed by atoms with van der Waals surface area (Å²) in [4.78, 5) is 5.97. The van der Waals surface area contributed by atoms with Gasteiger partial charge in [-0.3, -0.25) is 0 Å². The summed E-state index contributed by atoms with van der Waals surface area (Å²) in [7, 11) is 0. The molecule has 0 fully saturated rings. The van der Waals surface area contributed by atoms with Gasteiger partial charge in [0.25, 0.3) is 0 Å². The quantitative estimate of drug-likeness (QED) is 0.460. The fourth-order valence-electron chi connectivity index (χ4n) is 2.35. The molecule has 0 bridgehead atoms. The normalized spacial score (nSPS) is 20.4. The Balaban J connectivity index is 2.48. The molecule has 1 aliphatic carbocycles. The molecule has 0 unspecified atom stereocenters. The van der Waals surface area contributed by atoms with E-state index in [2.05, 4.69) is 17.3 Å². The Morgan fingerprint density at radius 3 is 2.79 bits per heavy atom. The van der Waals surface area contributed by atoms with Crippen LogP contribution >= 0.6 is 23.5 Å².